The van der Waals surface area contributed by atoms with Gasteiger partial charge in [0.05, 0.1) is 6.61 Å². The third-order valence-electron chi connectivity index (χ3n) is 5.31. The predicted octanol–water partition coefficient (Wildman–Crippen LogP) is 6.14. The zero-order valence-corrected chi connectivity index (χ0v) is 19.4. The molecule has 0 aliphatic rings. The van der Waals surface area contributed by atoms with Gasteiger partial charge in [0, 0.05) is 5.69 Å². The van der Waals surface area contributed by atoms with Gasteiger partial charge in [-0.05, 0) is 74.2 Å². The molecule has 0 unspecified atom stereocenters. The predicted molar refractivity (Wildman–Crippen MR) is 131 cm³/mol. The van der Waals surface area contributed by atoms with E-state index < -0.39 is 5.91 Å². The van der Waals surface area contributed by atoms with Gasteiger partial charge in [0.15, 0.2) is 11.5 Å². The van der Waals surface area contributed by atoms with Crippen LogP contribution < -0.4 is 14.8 Å². The second-order valence-corrected chi connectivity index (χ2v) is 7.78. The van der Waals surface area contributed by atoms with Crippen molar-refractivity contribution in [2.45, 2.75) is 34.3 Å². The molecule has 1 N–H and O–H groups in total. The fourth-order valence-electron chi connectivity index (χ4n) is 3.24. The first-order chi connectivity index (χ1) is 15.9. The molecule has 33 heavy (non-hydrogen) atoms. The van der Waals surface area contributed by atoms with Crippen LogP contribution in [0.1, 0.15) is 34.7 Å². The van der Waals surface area contributed by atoms with Crippen LogP contribution in [0.4, 0.5) is 5.69 Å². The Morgan fingerprint density at radius 2 is 1.76 bits per heavy atom. The molecule has 0 saturated carbocycles. The second kappa shape index (κ2) is 11.0. The molecular weight excluding hydrogens is 412 g/mol. The Kier molecular flexibility index (Phi) is 7.88. The summed E-state index contributed by atoms with van der Waals surface area (Å²) in [5, 5.41) is 12.4. The lowest BCUT2D eigenvalue weighted by Crippen LogP contribution is -2.14. The summed E-state index contributed by atoms with van der Waals surface area (Å²) in [5.74, 6) is 0.711. The number of benzene rings is 3. The lowest BCUT2D eigenvalue weighted by molar-refractivity contribution is -0.112. The number of aryl methyl sites for hydroxylation is 2. The third kappa shape index (κ3) is 6.24. The average molecular weight is 441 g/mol. The van der Waals surface area contributed by atoms with E-state index in [1.807, 2.05) is 76.2 Å². The van der Waals surface area contributed by atoms with E-state index in [0.717, 1.165) is 16.7 Å². The van der Waals surface area contributed by atoms with E-state index in [0.29, 0.717) is 36.0 Å². The molecule has 0 aliphatic carbocycles. The largest absolute Gasteiger partial charge is 0.490 e. The van der Waals surface area contributed by atoms with Crippen molar-refractivity contribution in [3.63, 3.8) is 0 Å². The Hall–Kier alpha value is -4.04. The van der Waals surface area contributed by atoms with Gasteiger partial charge in [0.1, 0.15) is 18.2 Å². The lowest BCUT2D eigenvalue weighted by Gasteiger charge is -2.13. The quantitative estimate of drug-likeness (QED) is 0.338. The van der Waals surface area contributed by atoms with Crippen LogP contribution in [0.5, 0.6) is 11.5 Å². The van der Waals surface area contributed by atoms with Gasteiger partial charge in [-0.25, -0.2) is 0 Å². The highest BCUT2D eigenvalue weighted by atomic mass is 16.5. The minimum absolute atomic E-state index is 0.00618. The molecule has 0 saturated heterocycles. The molecule has 0 aliphatic heterocycles. The SMILES string of the molecule is CCOc1cc(/C=C(/C#N)C(=O)Nc2cccc(C)c2C)ccc1OCc1ccc(C)cc1. The van der Waals surface area contributed by atoms with E-state index in [1.54, 1.807) is 24.3 Å². The highest BCUT2D eigenvalue weighted by Gasteiger charge is 2.13. The summed E-state index contributed by atoms with van der Waals surface area (Å²) in [6.07, 6.45) is 1.55. The molecule has 0 fully saturated rings. The maximum Gasteiger partial charge on any atom is 0.266 e. The van der Waals surface area contributed by atoms with Crippen LogP contribution >= 0.6 is 0 Å². The number of ether oxygens (including phenoxy) is 2. The number of carbonyl (C=O) groups excluding carboxylic acids is 1. The van der Waals surface area contributed by atoms with Crippen molar-refractivity contribution in [3.8, 4) is 17.6 Å². The highest BCUT2D eigenvalue weighted by molar-refractivity contribution is 6.10. The fraction of sp³-hybridized carbons (Fsp3) is 0.214. The molecule has 5 nitrogen and oxygen atoms in total. The second-order valence-electron chi connectivity index (χ2n) is 7.78. The zero-order chi connectivity index (χ0) is 23.8. The first-order valence-electron chi connectivity index (χ1n) is 10.9. The van der Waals surface area contributed by atoms with Crippen LogP contribution in [-0.2, 0) is 11.4 Å². The fourth-order valence-corrected chi connectivity index (χ4v) is 3.24. The Bertz CT molecular complexity index is 1200. The van der Waals surface area contributed by atoms with Gasteiger partial charge in [0.2, 0.25) is 0 Å². The smallest absolute Gasteiger partial charge is 0.266 e. The third-order valence-corrected chi connectivity index (χ3v) is 5.31. The first-order valence-corrected chi connectivity index (χ1v) is 10.9. The number of hydrogen-bond donors (Lipinski definition) is 1. The summed E-state index contributed by atoms with van der Waals surface area (Å²) in [4.78, 5) is 12.7. The minimum Gasteiger partial charge on any atom is -0.490 e. The van der Waals surface area contributed by atoms with E-state index in [2.05, 4.69) is 5.32 Å². The maximum absolute atomic E-state index is 12.7. The van der Waals surface area contributed by atoms with Gasteiger partial charge in [-0.1, -0.05) is 48.0 Å². The summed E-state index contributed by atoms with van der Waals surface area (Å²) < 4.78 is 11.7. The number of hydrogen-bond acceptors (Lipinski definition) is 4. The maximum atomic E-state index is 12.7. The van der Waals surface area contributed by atoms with Crippen LogP contribution in [-0.4, -0.2) is 12.5 Å². The highest BCUT2D eigenvalue weighted by Crippen LogP contribution is 2.30. The van der Waals surface area contributed by atoms with Crippen LogP contribution in [0, 0.1) is 32.1 Å². The van der Waals surface area contributed by atoms with Gasteiger partial charge in [-0.3, -0.25) is 4.79 Å². The Morgan fingerprint density at radius 1 is 1.00 bits per heavy atom. The van der Waals surface area contributed by atoms with Gasteiger partial charge in [-0.15, -0.1) is 0 Å². The summed E-state index contributed by atoms with van der Waals surface area (Å²) in [6, 6.07) is 21.2. The normalized spacial score (nSPS) is 10.9. The van der Waals surface area contributed by atoms with Gasteiger partial charge in [0.25, 0.3) is 5.91 Å². The number of nitriles is 1. The van der Waals surface area contributed by atoms with Crippen LogP contribution in [0.3, 0.4) is 0 Å². The molecule has 0 bridgehead atoms. The van der Waals surface area contributed by atoms with Crippen molar-refractivity contribution >= 4 is 17.7 Å². The van der Waals surface area contributed by atoms with Gasteiger partial charge in [-0.2, -0.15) is 5.26 Å². The molecule has 5 heteroatoms. The van der Waals surface area contributed by atoms with E-state index >= 15 is 0 Å². The number of amides is 1. The summed E-state index contributed by atoms with van der Waals surface area (Å²) >= 11 is 0. The number of nitrogens with one attached hydrogen (secondary N) is 1. The van der Waals surface area contributed by atoms with E-state index in [9.17, 15) is 10.1 Å². The van der Waals surface area contributed by atoms with E-state index in [1.165, 1.54) is 5.56 Å². The molecule has 168 valence electrons. The summed E-state index contributed by atoms with van der Waals surface area (Å²) in [5.41, 5.74) is 5.66. The number of anilines is 1. The van der Waals surface area contributed by atoms with E-state index in [4.69, 9.17) is 9.47 Å². The van der Waals surface area contributed by atoms with Gasteiger partial charge < -0.3 is 14.8 Å². The molecule has 0 spiro atoms. The number of rotatable bonds is 8. The van der Waals surface area contributed by atoms with Crippen molar-refractivity contribution in [1.82, 2.24) is 0 Å². The Morgan fingerprint density at radius 3 is 2.45 bits per heavy atom. The molecule has 0 aromatic heterocycles. The van der Waals surface area contributed by atoms with Gasteiger partial charge >= 0.3 is 0 Å². The van der Waals surface area contributed by atoms with Crippen molar-refractivity contribution in [1.29, 1.82) is 5.26 Å². The van der Waals surface area contributed by atoms with Crippen LogP contribution in [0.15, 0.2) is 66.2 Å². The standard InChI is InChI=1S/C28H28N2O3/c1-5-32-27-16-23(13-14-26(27)33-18-22-11-9-19(2)10-12-22)15-24(17-29)28(31)30-25-8-6-7-20(3)21(25)4/h6-16H,5,18H2,1-4H3,(H,30,31)/b24-15-. The molecule has 3 rings (SSSR count). The molecule has 1 amide bonds. The van der Waals surface area contributed by atoms with Crippen LogP contribution in [0.25, 0.3) is 6.08 Å². The van der Waals surface area contributed by atoms with E-state index in [-0.39, 0.29) is 5.57 Å². The van der Waals surface area contributed by atoms with Crippen molar-refractivity contribution in [2.75, 3.05) is 11.9 Å². The molecule has 0 atom stereocenters. The topological polar surface area (TPSA) is 71.3 Å². The first kappa shape index (κ1) is 23.6. The molecule has 0 heterocycles. The molecule has 3 aromatic carbocycles. The zero-order valence-electron chi connectivity index (χ0n) is 19.4. The lowest BCUT2D eigenvalue weighted by atomic mass is 10.1. The summed E-state index contributed by atoms with van der Waals surface area (Å²) in [6.45, 7) is 8.73. The summed E-state index contributed by atoms with van der Waals surface area (Å²) in [7, 11) is 0. The van der Waals surface area contributed by atoms with Crippen molar-refractivity contribution < 1.29 is 14.3 Å². The Balaban J connectivity index is 1.79. The number of nitrogens with zero attached hydrogens (tertiary/aromatic N) is 1. The minimum atomic E-state index is -0.455. The van der Waals surface area contributed by atoms with Crippen molar-refractivity contribution in [3.05, 3.63) is 94.1 Å². The molecule has 0 radical (unpaired) electrons. The van der Waals surface area contributed by atoms with Crippen molar-refractivity contribution in [2.24, 2.45) is 0 Å². The molecule has 3 aromatic rings. The molecular formula is C28H28N2O3. The van der Waals surface area contributed by atoms with Crippen LogP contribution in [0.2, 0.25) is 0 Å². The Labute approximate surface area is 195 Å². The average Bonchev–Trinajstić information content (AvgIpc) is 2.81. The number of carbonyl (C=O) groups is 1. The monoisotopic (exact) mass is 440 g/mol.